The number of carboxylic acid groups (broad SMARTS) is 1. The number of amides is 1. The van der Waals surface area contributed by atoms with Gasteiger partial charge in [-0.15, -0.1) is 0 Å². The number of nitrogens with one attached hydrogen (secondary N) is 2. The van der Waals surface area contributed by atoms with E-state index in [0.717, 1.165) is 6.26 Å². The predicted molar refractivity (Wildman–Crippen MR) is 89.4 cm³/mol. The molecule has 8 nitrogen and oxygen atoms in total. The molecule has 1 amide bonds. The second-order valence-electron chi connectivity index (χ2n) is 6.31. The number of ether oxygens (including phenoxy) is 1. The molecule has 0 fully saturated rings. The van der Waals surface area contributed by atoms with Crippen LogP contribution < -0.4 is 10.0 Å². The third-order valence-corrected chi connectivity index (χ3v) is 3.29. The highest BCUT2D eigenvalue weighted by Crippen LogP contribution is 2.13. The van der Waals surface area contributed by atoms with Crippen LogP contribution in [0.4, 0.5) is 10.5 Å². The number of rotatable bonds is 6. The van der Waals surface area contributed by atoms with E-state index in [0.29, 0.717) is 11.3 Å². The molecule has 1 aromatic rings. The topological polar surface area (TPSA) is 122 Å². The van der Waals surface area contributed by atoms with Gasteiger partial charge in [0, 0.05) is 12.1 Å². The summed E-state index contributed by atoms with van der Waals surface area (Å²) in [5, 5.41) is 11.5. The van der Waals surface area contributed by atoms with E-state index >= 15 is 0 Å². The number of anilines is 1. The Morgan fingerprint density at radius 1 is 1.21 bits per heavy atom. The van der Waals surface area contributed by atoms with Crippen LogP contribution in [0.25, 0.3) is 0 Å². The molecule has 0 aliphatic heterocycles. The van der Waals surface area contributed by atoms with Gasteiger partial charge in [-0.1, -0.05) is 12.1 Å². The molecule has 0 bridgehead atoms. The first-order valence-corrected chi connectivity index (χ1v) is 9.04. The van der Waals surface area contributed by atoms with Gasteiger partial charge in [0.25, 0.3) is 0 Å². The lowest BCUT2D eigenvalue weighted by molar-refractivity contribution is -0.139. The Kier molecular flexibility index (Phi) is 6.19. The van der Waals surface area contributed by atoms with Gasteiger partial charge in [-0.25, -0.2) is 18.0 Å². The first-order valence-electron chi connectivity index (χ1n) is 7.15. The van der Waals surface area contributed by atoms with Crippen molar-refractivity contribution in [3.8, 4) is 0 Å². The zero-order valence-corrected chi connectivity index (χ0v) is 14.8. The summed E-state index contributed by atoms with van der Waals surface area (Å²) < 4.78 is 29.6. The fourth-order valence-electron chi connectivity index (χ4n) is 1.81. The molecule has 3 N–H and O–H groups in total. The monoisotopic (exact) mass is 358 g/mol. The minimum atomic E-state index is -3.38. The summed E-state index contributed by atoms with van der Waals surface area (Å²) >= 11 is 0. The predicted octanol–water partition coefficient (Wildman–Crippen LogP) is 1.58. The van der Waals surface area contributed by atoms with Crippen LogP contribution in [0.3, 0.4) is 0 Å². The largest absolute Gasteiger partial charge is 0.480 e. The van der Waals surface area contributed by atoms with Gasteiger partial charge in [0.15, 0.2) is 0 Å². The fraction of sp³-hybridized carbons (Fsp3) is 0.467. The normalized spacial score (nSPS) is 13.0. The standard InChI is InChI=1S/C15H22N2O6S/c1-15(2,3)23-14(20)16-12(13(18)19)9-10-5-7-11(8-6-10)17-24(4,21)22/h5-8,12,17H,9H2,1-4H3,(H,16,20)(H,18,19). The van der Waals surface area contributed by atoms with Gasteiger partial charge < -0.3 is 15.2 Å². The quantitative estimate of drug-likeness (QED) is 0.710. The Labute approximate surface area is 141 Å². The fourth-order valence-corrected chi connectivity index (χ4v) is 2.37. The van der Waals surface area contributed by atoms with E-state index in [1.54, 1.807) is 32.9 Å². The molecule has 134 valence electrons. The number of hydrogen-bond acceptors (Lipinski definition) is 5. The van der Waals surface area contributed by atoms with Crippen LogP contribution in [0.15, 0.2) is 24.3 Å². The Morgan fingerprint density at radius 2 is 1.75 bits per heavy atom. The lowest BCUT2D eigenvalue weighted by Gasteiger charge is -2.22. The number of sulfonamides is 1. The van der Waals surface area contributed by atoms with Crippen LogP contribution in [0.2, 0.25) is 0 Å². The van der Waals surface area contributed by atoms with Crippen molar-refractivity contribution < 1.29 is 27.9 Å². The molecule has 0 saturated carbocycles. The van der Waals surface area contributed by atoms with E-state index in [2.05, 4.69) is 10.0 Å². The molecule has 1 aromatic carbocycles. The number of aliphatic carboxylic acids is 1. The van der Waals surface area contributed by atoms with Crippen molar-refractivity contribution in [2.45, 2.75) is 38.8 Å². The summed E-state index contributed by atoms with van der Waals surface area (Å²) in [5.74, 6) is -1.20. The molecule has 0 spiro atoms. The van der Waals surface area contributed by atoms with Crippen LogP contribution >= 0.6 is 0 Å². The number of alkyl carbamates (subject to hydrolysis) is 1. The van der Waals surface area contributed by atoms with Crippen molar-refractivity contribution in [3.63, 3.8) is 0 Å². The van der Waals surface area contributed by atoms with Crippen LogP contribution in [0, 0.1) is 0 Å². The SMILES string of the molecule is CC(C)(C)OC(=O)NC(Cc1ccc(NS(C)(=O)=O)cc1)C(=O)O. The van der Waals surface area contributed by atoms with Crippen molar-refractivity contribution >= 4 is 27.8 Å². The molecule has 0 aromatic heterocycles. The molecule has 0 radical (unpaired) electrons. The summed E-state index contributed by atoms with van der Waals surface area (Å²) in [6, 6.07) is 5.04. The minimum Gasteiger partial charge on any atom is -0.480 e. The summed E-state index contributed by atoms with van der Waals surface area (Å²) in [6.07, 6.45) is 0.255. The Hall–Kier alpha value is -2.29. The van der Waals surface area contributed by atoms with E-state index < -0.39 is 33.7 Å². The Morgan fingerprint density at radius 3 is 2.17 bits per heavy atom. The number of hydrogen-bond donors (Lipinski definition) is 3. The molecule has 0 saturated heterocycles. The number of carbonyl (C=O) groups is 2. The summed E-state index contributed by atoms with van der Waals surface area (Å²) in [4.78, 5) is 23.0. The smallest absolute Gasteiger partial charge is 0.408 e. The zero-order chi connectivity index (χ0) is 18.5. The average Bonchev–Trinajstić information content (AvgIpc) is 2.36. The third kappa shape index (κ3) is 7.82. The minimum absolute atomic E-state index is 0.0354. The number of benzene rings is 1. The lowest BCUT2D eigenvalue weighted by Crippen LogP contribution is -2.44. The molecule has 9 heteroatoms. The molecule has 0 aliphatic carbocycles. The molecule has 0 heterocycles. The first kappa shape index (κ1) is 19.8. The van der Waals surface area contributed by atoms with Crippen molar-refractivity contribution in [1.29, 1.82) is 0 Å². The van der Waals surface area contributed by atoms with Gasteiger partial charge in [-0.2, -0.15) is 0 Å². The van der Waals surface area contributed by atoms with Gasteiger partial charge in [0.2, 0.25) is 10.0 Å². The molecule has 0 aliphatic rings. The maximum absolute atomic E-state index is 11.7. The van der Waals surface area contributed by atoms with Crippen molar-refractivity contribution in [2.24, 2.45) is 0 Å². The highest BCUT2D eigenvalue weighted by atomic mass is 32.2. The lowest BCUT2D eigenvalue weighted by atomic mass is 10.1. The second-order valence-corrected chi connectivity index (χ2v) is 8.06. The van der Waals surface area contributed by atoms with Crippen LogP contribution in [0.5, 0.6) is 0 Å². The highest BCUT2D eigenvalue weighted by Gasteiger charge is 2.24. The van der Waals surface area contributed by atoms with E-state index in [1.807, 2.05) is 0 Å². The maximum atomic E-state index is 11.7. The first-order chi connectivity index (χ1) is 10.9. The second kappa shape index (κ2) is 7.52. The molecule has 24 heavy (non-hydrogen) atoms. The van der Waals surface area contributed by atoms with Crippen LogP contribution in [-0.2, 0) is 26.0 Å². The molecule has 1 rings (SSSR count). The van der Waals surface area contributed by atoms with E-state index in [1.165, 1.54) is 12.1 Å². The Bertz CT molecular complexity index is 692. The summed E-state index contributed by atoms with van der Waals surface area (Å²) in [5.41, 5.74) is 0.261. The van der Waals surface area contributed by atoms with Gasteiger partial charge >= 0.3 is 12.1 Å². The summed E-state index contributed by atoms with van der Waals surface area (Å²) in [7, 11) is -3.38. The molecule has 1 atom stereocenters. The van der Waals surface area contributed by atoms with E-state index in [4.69, 9.17) is 4.74 Å². The molecule has 1 unspecified atom stereocenters. The van der Waals surface area contributed by atoms with Crippen molar-refractivity contribution in [3.05, 3.63) is 29.8 Å². The summed E-state index contributed by atoms with van der Waals surface area (Å²) in [6.45, 7) is 5.03. The van der Waals surface area contributed by atoms with Gasteiger partial charge in [0.1, 0.15) is 11.6 Å². The van der Waals surface area contributed by atoms with Crippen LogP contribution in [-0.4, -0.2) is 43.5 Å². The van der Waals surface area contributed by atoms with E-state index in [9.17, 15) is 23.1 Å². The maximum Gasteiger partial charge on any atom is 0.408 e. The van der Waals surface area contributed by atoms with Crippen molar-refractivity contribution in [1.82, 2.24) is 5.32 Å². The average molecular weight is 358 g/mol. The zero-order valence-electron chi connectivity index (χ0n) is 14.0. The highest BCUT2D eigenvalue weighted by molar-refractivity contribution is 7.92. The Balaban J connectivity index is 2.75. The van der Waals surface area contributed by atoms with Crippen molar-refractivity contribution in [2.75, 3.05) is 11.0 Å². The molecular formula is C15H22N2O6S. The number of carbonyl (C=O) groups excluding carboxylic acids is 1. The van der Waals surface area contributed by atoms with Gasteiger partial charge in [-0.05, 0) is 38.5 Å². The van der Waals surface area contributed by atoms with Gasteiger partial charge in [0.05, 0.1) is 6.26 Å². The van der Waals surface area contributed by atoms with Crippen LogP contribution in [0.1, 0.15) is 26.3 Å². The van der Waals surface area contributed by atoms with Gasteiger partial charge in [-0.3, -0.25) is 4.72 Å². The molecular weight excluding hydrogens is 336 g/mol. The number of carboxylic acids is 1. The third-order valence-electron chi connectivity index (χ3n) is 2.69. The van der Waals surface area contributed by atoms with E-state index in [-0.39, 0.29) is 6.42 Å².